The Balaban J connectivity index is 1.06. The molecule has 288 valence electrons. The molecule has 0 fully saturated rings. The summed E-state index contributed by atoms with van der Waals surface area (Å²) < 4.78 is 2.27. The smallest absolute Gasteiger partial charge is 0.235 e. The van der Waals surface area contributed by atoms with Crippen LogP contribution in [-0.4, -0.2) is 14.5 Å². The second-order valence-corrected chi connectivity index (χ2v) is 16.6. The maximum atomic E-state index is 5.38. The average molecular weight is 781 g/mol. The summed E-state index contributed by atoms with van der Waals surface area (Å²) in [5.74, 6) is 0.654. The van der Waals surface area contributed by atoms with Crippen LogP contribution in [0.3, 0.4) is 0 Å². The highest BCUT2D eigenvalue weighted by Gasteiger charge is 2.37. The molecule has 4 heteroatoms. The fourth-order valence-electron chi connectivity index (χ4n) is 9.87. The van der Waals surface area contributed by atoms with Crippen molar-refractivity contribution in [2.45, 2.75) is 19.3 Å². The van der Waals surface area contributed by atoms with E-state index in [-0.39, 0.29) is 5.41 Å². The number of fused-ring (bicyclic) bond motifs is 8. The number of anilines is 3. The van der Waals surface area contributed by atoms with E-state index in [0.717, 1.165) is 44.4 Å². The van der Waals surface area contributed by atoms with Gasteiger partial charge in [0.25, 0.3) is 0 Å². The van der Waals surface area contributed by atoms with Crippen LogP contribution < -0.4 is 4.90 Å². The number of rotatable bonds is 5. The van der Waals surface area contributed by atoms with E-state index in [1.165, 1.54) is 60.7 Å². The molecule has 0 saturated heterocycles. The number of nitrogens with zero attached hydrogens (tertiary/aromatic N) is 4. The molecular formula is C57H40N4. The Morgan fingerprint density at radius 3 is 1.95 bits per heavy atom. The second-order valence-electron chi connectivity index (χ2n) is 16.6. The maximum Gasteiger partial charge on any atom is 0.235 e. The van der Waals surface area contributed by atoms with E-state index in [2.05, 4.69) is 224 Å². The standard InChI is InChI=1S/C57H40N4/c1-57(2)46-27-12-14-29-49(46)60(42-22-7-4-8-23-42)50-33-32-40(36-47(50)57)39-20-15-21-41(35-39)44-26-16-30-51-54(44)53-43-24-10-9-17-37(43)31-34-52(53)61(51)56-58-48-28-13-11-25-45(48)55(59-56)38-18-5-3-6-19-38/h3-36H,1-2H3. The van der Waals surface area contributed by atoms with Crippen LogP contribution in [-0.2, 0) is 5.41 Å². The highest BCUT2D eigenvalue weighted by atomic mass is 15.2. The minimum atomic E-state index is -0.204. The molecule has 0 amide bonds. The third-order valence-electron chi connectivity index (χ3n) is 12.8. The van der Waals surface area contributed by atoms with Crippen LogP contribution in [0.1, 0.15) is 25.0 Å². The molecule has 0 radical (unpaired) electrons. The zero-order valence-electron chi connectivity index (χ0n) is 33.9. The first kappa shape index (κ1) is 35.2. The van der Waals surface area contributed by atoms with E-state index >= 15 is 0 Å². The Kier molecular flexibility index (Phi) is 7.85. The highest BCUT2D eigenvalue weighted by Crippen LogP contribution is 2.53. The fourth-order valence-corrected chi connectivity index (χ4v) is 9.87. The van der Waals surface area contributed by atoms with Crippen molar-refractivity contribution in [1.82, 2.24) is 14.5 Å². The minimum absolute atomic E-state index is 0.204. The lowest BCUT2D eigenvalue weighted by Gasteiger charge is -2.42. The zero-order chi connectivity index (χ0) is 40.7. The van der Waals surface area contributed by atoms with E-state index in [9.17, 15) is 0 Å². The Hall–Kier alpha value is -7.82. The molecule has 0 N–H and O–H groups in total. The van der Waals surface area contributed by atoms with Crippen LogP contribution in [0.15, 0.2) is 206 Å². The Labute approximate surface area is 354 Å². The van der Waals surface area contributed by atoms with Crippen LogP contribution in [0.25, 0.3) is 82.9 Å². The van der Waals surface area contributed by atoms with E-state index < -0.39 is 0 Å². The largest absolute Gasteiger partial charge is 0.310 e. The molecule has 0 unspecified atom stereocenters. The van der Waals surface area contributed by atoms with Gasteiger partial charge in [-0.15, -0.1) is 0 Å². The lowest BCUT2D eigenvalue weighted by atomic mass is 9.73. The van der Waals surface area contributed by atoms with Crippen molar-refractivity contribution in [3.05, 3.63) is 217 Å². The topological polar surface area (TPSA) is 34.0 Å². The van der Waals surface area contributed by atoms with Crippen molar-refractivity contribution in [3.63, 3.8) is 0 Å². The van der Waals surface area contributed by atoms with E-state index in [0.29, 0.717) is 5.95 Å². The summed E-state index contributed by atoms with van der Waals surface area (Å²) in [5.41, 5.74) is 15.8. The fraction of sp³-hybridized carbons (Fsp3) is 0.0526. The number of para-hydroxylation sites is 3. The van der Waals surface area contributed by atoms with Gasteiger partial charge in [-0.3, -0.25) is 4.57 Å². The quantitative estimate of drug-likeness (QED) is 0.174. The molecule has 12 rings (SSSR count). The zero-order valence-corrected chi connectivity index (χ0v) is 33.9. The summed E-state index contributed by atoms with van der Waals surface area (Å²) in [4.78, 5) is 13.1. The van der Waals surface area contributed by atoms with Gasteiger partial charge in [0.15, 0.2) is 0 Å². The molecule has 61 heavy (non-hydrogen) atoms. The van der Waals surface area contributed by atoms with E-state index in [1.807, 2.05) is 6.07 Å². The molecule has 1 aliphatic heterocycles. The van der Waals surface area contributed by atoms with E-state index in [4.69, 9.17) is 9.97 Å². The van der Waals surface area contributed by atoms with Crippen molar-refractivity contribution >= 4 is 60.5 Å². The van der Waals surface area contributed by atoms with Gasteiger partial charge < -0.3 is 4.90 Å². The molecule has 0 spiro atoms. The third kappa shape index (κ3) is 5.46. The lowest BCUT2D eigenvalue weighted by Crippen LogP contribution is -2.30. The van der Waals surface area contributed by atoms with Gasteiger partial charge in [0.2, 0.25) is 5.95 Å². The van der Waals surface area contributed by atoms with Gasteiger partial charge in [0, 0.05) is 32.8 Å². The van der Waals surface area contributed by atoms with Gasteiger partial charge in [0.05, 0.1) is 33.6 Å². The van der Waals surface area contributed by atoms with Gasteiger partial charge in [-0.1, -0.05) is 166 Å². The molecule has 4 nitrogen and oxygen atoms in total. The van der Waals surface area contributed by atoms with Crippen LogP contribution >= 0.6 is 0 Å². The van der Waals surface area contributed by atoms with Gasteiger partial charge in [-0.25, -0.2) is 9.97 Å². The van der Waals surface area contributed by atoms with Gasteiger partial charge in [0.1, 0.15) is 0 Å². The monoisotopic (exact) mass is 780 g/mol. The number of hydrogen-bond donors (Lipinski definition) is 0. The molecule has 9 aromatic carbocycles. The third-order valence-corrected chi connectivity index (χ3v) is 12.8. The number of hydrogen-bond acceptors (Lipinski definition) is 3. The van der Waals surface area contributed by atoms with Crippen molar-refractivity contribution in [3.8, 4) is 39.5 Å². The van der Waals surface area contributed by atoms with Gasteiger partial charge >= 0.3 is 0 Å². The molecular weight excluding hydrogens is 741 g/mol. The Morgan fingerprint density at radius 1 is 0.426 bits per heavy atom. The average Bonchev–Trinajstić information content (AvgIpc) is 3.67. The summed E-state index contributed by atoms with van der Waals surface area (Å²) in [5, 5.41) is 5.82. The van der Waals surface area contributed by atoms with Crippen LogP contribution in [0.4, 0.5) is 17.1 Å². The van der Waals surface area contributed by atoms with Gasteiger partial charge in [-0.05, 0) is 98.8 Å². The first-order chi connectivity index (χ1) is 30.0. The second kappa shape index (κ2) is 13.6. The predicted molar refractivity (Wildman–Crippen MR) is 255 cm³/mol. The number of benzene rings is 9. The molecule has 11 aromatic rings. The first-order valence-corrected chi connectivity index (χ1v) is 21.0. The molecule has 0 bridgehead atoms. The lowest BCUT2D eigenvalue weighted by molar-refractivity contribution is 0.632. The predicted octanol–water partition coefficient (Wildman–Crippen LogP) is 15.0. The molecule has 3 heterocycles. The molecule has 0 saturated carbocycles. The van der Waals surface area contributed by atoms with E-state index in [1.54, 1.807) is 0 Å². The van der Waals surface area contributed by atoms with Crippen molar-refractivity contribution < 1.29 is 0 Å². The van der Waals surface area contributed by atoms with Gasteiger partial charge in [-0.2, -0.15) is 0 Å². The summed E-state index contributed by atoms with van der Waals surface area (Å²) in [7, 11) is 0. The van der Waals surface area contributed by atoms with Crippen LogP contribution in [0.5, 0.6) is 0 Å². The normalized spacial score (nSPS) is 13.2. The summed E-state index contributed by atoms with van der Waals surface area (Å²) in [6.45, 7) is 4.71. The molecule has 2 aromatic heterocycles. The van der Waals surface area contributed by atoms with Crippen LogP contribution in [0.2, 0.25) is 0 Å². The van der Waals surface area contributed by atoms with Crippen molar-refractivity contribution in [1.29, 1.82) is 0 Å². The summed E-state index contributed by atoms with van der Waals surface area (Å²) >= 11 is 0. The van der Waals surface area contributed by atoms with Crippen LogP contribution in [0, 0.1) is 0 Å². The summed E-state index contributed by atoms with van der Waals surface area (Å²) in [6, 6.07) is 74.3. The minimum Gasteiger partial charge on any atom is -0.310 e. The maximum absolute atomic E-state index is 5.38. The SMILES string of the molecule is CC1(C)c2ccccc2N(c2ccccc2)c2ccc(-c3cccc(-c4cccc5c4c4c6ccccc6ccc4n5-c4nc(-c5ccccc5)c5ccccc5n4)c3)cc21. The number of aromatic nitrogens is 3. The van der Waals surface area contributed by atoms with Crippen molar-refractivity contribution in [2.75, 3.05) is 4.90 Å². The highest BCUT2D eigenvalue weighted by molar-refractivity contribution is 6.25. The first-order valence-electron chi connectivity index (χ1n) is 21.0. The summed E-state index contributed by atoms with van der Waals surface area (Å²) in [6.07, 6.45) is 0. The Morgan fingerprint density at radius 2 is 1.08 bits per heavy atom. The molecule has 0 aliphatic carbocycles. The molecule has 1 aliphatic rings. The van der Waals surface area contributed by atoms with Crippen molar-refractivity contribution in [2.24, 2.45) is 0 Å². The molecule has 0 atom stereocenters. The Bertz CT molecular complexity index is 3510.